The molecule has 2 aromatic carbocycles. The highest BCUT2D eigenvalue weighted by Gasteiger charge is 2.21. The summed E-state index contributed by atoms with van der Waals surface area (Å²) in [6, 6.07) is 14.6. The molecule has 0 aliphatic heterocycles. The summed E-state index contributed by atoms with van der Waals surface area (Å²) in [6.07, 6.45) is 0. The zero-order valence-corrected chi connectivity index (χ0v) is 11.7. The van der Waals surface area contributed by atoms with Gasteiger partial charge in [0, 0.05) is 5.69 Å². The third-order valence-electron chi connectivity index (χ3n) is 3.48. The van der Waals surface area contributed by atoms with Crippen molar-refractivity contribution in [3.05, 3.63) is 54.4 Å². The molecule has 0 bridgehead atoms. The minimum absolute atomic E-state index is 0.0675. The van der Waals surface area contributed by atoms with Crippen molar-refractivity contribution in [3.8, 4) is 17.1 Å². The molecule has 2 aromatic heterocycles. The lowest BCUT2D eigenvalue weighted by Gasteiger charge is -2.06. The molecule has 2 N–H and O–H groups in total. The molecule has 0 unspecified atom stereocenters. The van der Waals surface area contributed by atoms with Gasteiger partial charge in [0.2, 0.25) is 11.6 Å². The number of imidazole rings is 1. The van der Waals surface area contributed by atoms with Crippen LogP contribution in [0.1, 0.15) is 10.6 Å². The maximum absolute atomic E-state index is 11.6. The number of H-pyrrole nitrogens is 1. The van der Waals surface area contributed by atoms with Gasteiger partial charge in [-0.25, -0.2) is 9.78 Å². The lowest BCUT2D eigenvalue weighted by Crippen LogP contribution is -2.07. The van der Waals surface area contributed by atoms with E-state index in [9.17, 15) is 9.90 Å². The Labute approximate surface area is 129 Å². The van der Waals surface area contributed by atoms with E-state index in [1.807, 2.05) is 36.4 Å². The molecule has 0 amide bonds. The SMILES string of the molecule is O=C(O)c1nc2c(-c3nn[nH]n3)cccc2n1-c1ccccc1. The number of tetrazole rings is 1. The van der Waals surface area contributed by atoms with Crippen molar-refractivity contribution < 1.29 is 9.90 Å². The Morgan fingerprint density at radius 1 is 1.09 bits per heavy atom. The summed E-state index contributed by atoms with van der Waals surface area (Å²) in [5.74, 6) is -0.809. The number of nitrogens with one attached hydrogen (secondary N) is 1. The van der Waals surface area contributed by atoms with Crippen LogP contribution in [0.3, 0.4) is 0 Å². The molecule has 0 aliphatic rings. The molecule has 8 heteroatoms. The van der Waals surface area contributed by atoms with Crippen LogP contribution >= 0.6 is 0 Å². The van der Waals surface area contributed by atoms with Gasteiger partial charge in [-0.3, -0.25) is 4.57 Å². The topological polar surface area (TPSA) is 110 Å². The molecule has 112 valence electrons. The molecule has 23 heavy (non-hydrogen) atoms. The van der Waals surface area contributed by atoms with Crippen molar-refractivity contribution in [1.29, 1.82) is 0 Å². The van der Waals surface area contributed by atoms with E-state index in [2.05, 4.69) is 25.6 Å². The van der Waals surface area contributed by atoms with Crippen LogP contribution < -0.4 is 0 Å². The van der Waals surface area contributed by atoms with Crippen molar-refractivity contribution in [2.24, 2.45) is 0 Å². The summed E-state index contributed by atoms with van der Waals surface area (Å²) in [5.41, 5.74) is 2.51. The number of carbonyl (C=O) groups is 1. The highest BCUT2D eigenvalue weighted by atomic mass is 16.4. The Morgan fingerprint density at radius 3 is 2.61 bits per heavy atom. The summed E-state index contributed by atoms with van der Waals surface area (Å²) in [5, 5.41) is 23.3. The van der Waals surface area contributed by atoms with E-state index in [1.54, 1.807) is 16.7 Å². The van der Waals surface area contributed by atoms with Crippen LogP contribution in [-0.4, -0.2) is 41.3 Å². The Morgan fingerprint density at radius 2 is 1.91 bits per heavy atom. The summed E-state index contributed by atoms with van der Waals surface area (Å²) >= 11 is 0. The van der Waals surface area contributed by atoms with E-state index in [1.165, 1.54) is 0 Å². The van der Waals surface area contributed by atoms with E-state index in [-0.39, 0.29) is 5.82 Å². The molecule has 0 spiro atoms. The molecule has 0 saturated heterocycles. The van der Waals surface area contributed by atoms with Gasteiger partial charge >= 0.3 is 5.97 Å². The van der Waals surface area contributed by atoms with Crippen molar-refractivity contribution in [3.63, 3.8) is 0 Å². The van der Waals surface area contributed by atoms with Crippen molar-refractivity contribution >= 4 is 17.0 Å². The van der Waals surface area contributed by atoms with Gasteiger partial charge in [-0.05, 0) is 29.5 Å². The van der Waals surface area contributed by atoms with Crippen molar-refractivity contribution in [2.45, 2.75) is 0 Å². The minimum atomic E-state index is -1.11. The molecule has 4 rings (SSSR count). The predicted octanol–water partition coefficient (Wildman–Crippen LogP) is 1.90. The number of hydrogen-bond acceptors (Lipinski definition) is 5. The molecule has 0 fully saturated rings. The first kappa shape index (κ1) is 13.1. The fourth-order valence-electron chi connectivity index (χ4n) is 2.54. The van der Waals surface area contributed by atoms with Gasteiger partial charge in [0.25, 0.3) is 0 Å². The van der Waals surface area contributed by atoms with Crippen LogP contribution in [0.4, 0.5) is 0 Å². The fraction of sp³-hybridized carbons (Fsp3) is 0. The van der Waals surface area contributed by atoms with E-state index in [0.29, 0.717) is 22.4 Å². The summed E-state index contributed by atoms with van der Waals surface area (Å²) in [6.45, 7) is 0. The van der Waals surface area contributed by atoms with Gasteiger partial charge in [0.15, 0.2) is 0 Å². The molecule has 0 saturated carbocycles. The monoisotopic (exact) mass is 306 g/mol. The van der Waals surface area contributed by atoms with Crippen LogP contribution in [0, 0.1) is 0 Å². The predicted molar refractivity (Wildman–Crippen MR) is 81.2 cm³/mol. The van der Waals surface area contributed by atoms with E-state index >= 15 is 0 Å². The lowest BCUT2D eigenvalue weighted by molar-refractivity contribution is 0.0682. The number of aromatic nitrogens is 6. The first-order chi connectivity index (χ1) is 11.3. The molecular weight excluding hydrogens is 296 g/mol. The number of benzene rings is 2. The number of para-hydroxylation sites is 2. The molecule has 8 nitrogen and oxygen atoms in total. The Hall–Kier alpha value is -3.55. The van der Waals surface area contributed by atoms with E-state index in [4.69, 9.17) is 0 Å². The van der Waals surface area contributed by atoms with Crippen LogP contribution in [0.15, 0.2) is 48.5 Å². The average Bonchev–Trinajstić information content (AvgIpc) is 3.23. The Kier molecular flexibility index (Phi) is 2.87. The number of aromatic carboxylic acids is 1. The normalized spacial score (nSPS) is 11.0. The zero-order valence-electron chi connectivity index (χ0n) is 11.7. The average molecular weight is 306 g/mol. The lowest BCUT2D eigenvalue weighted by atomic mass is 10.1. The maximum Gasteiger partial charge on any atom is 0.372 e. The molecular formula is C15H10N6O2. The largest absolute Gasteiger partial charge is 0.475 e. The second-order valence-corrected chi connectivity index (χ2v) is 4.82. The maximum atomic E-state index is 11.6. The third-order valence-corrected chi connectivity index (χ3v) is 3.48. The number of fused-ring (bicyclic) bond motifs is 1. The zero-order chi connectivity index (χ0) is 15.8. The highest BCUT2D eigenvalue weighted by molar-refractivity contribution is 5.97. The third kappa shape index (κ3) is 2.04. The molecule has 0 aliphatic carbocycles. The second kappa shape index (κ2) is 5.02. The quantitative estimate of drug-likeness (QED) is 0.598. The van der Waals surface area contributed by atoms with Crippen LogP contribution in [0.25, 0.3) is 28.1 Å². The molecule has 4 aromatic rings. The van der Waals surface area contributed by atoms with Crippen LogP contribution in [-0.2, 0) is 0 Å². The number of nitrogens with zero attached hydrogens (tertiary/aromatic N) is 5. The smallest absolute Gasteiger partial charge is 0.372 e. The first-order valence-corrected chi connectivity index (χ1v) is 6.79. The van der Waals surface area contributed by atoms with E-state index < -0.39 is 5.97 Å². The van der Waals surface area contributed by atoms with Gasteiger partial charge in [-0.15, -0.1) is 10.2 Å². The number of aromatic amines is 1. The summed E-state index contributed by atoms with van der Waals surface area (Å²) in [4.78, 5) is 15.9. The van der Waals surface area contributed by atoms with Crippen molar-refractivity contribution in [2.75, 3.05) is 0 Å². The Balaban J connectivity index is 2.08. The second-order valence-electron chi connectivity index (χ2n) is 4.82. The number of carboxylic acid groups (broad SMARTS) is 1. The summed E-state index contributed by atoms with van der Waals surface area (Å²) in [7, 11) is 0. The fourth-order valence-corrected chi connectivity index (χ4v) is 2.54. The first-order valence-electron chi connectivity index (χ1n) is 6.79. The van der Waals surface area contributed by atoms with Gasteiger partial charge < -0.3 is 5.11 Å². The Bertz CT molecular complexity index is 992. The minimum Gasteiger partial charge on any atom is -0.475 e. The van der Waals surface area contributed by atoms with Gasteiger partial charge in [-0.1, -0.05) is 24.3 Å². The molecule has 0 radical (unpaired) electrons. The van der Waals surface area contributed by atoms with Crippen LogP contribution in [0.5, 0.6) is 0 Å². The van der Waals surface area contributed by atoms with Gasteiger partial charge in [-0.2, -0.15) is 5.21 Å². The van der Waals surface area contributed by atoms with Gasteiger partial charge in [0.1, 0.15) is 5.52 Å². The summed E-state index contributed by atoms with van der Waals surface area (Å²) < 4.78 is 1.60. The molecule has 0 atom stereocenters. The molecule has 2 heterocycles. The van der Waals surface area contributed by atoms with Crippen LogP contribution in [0.2, 0.25) is 0 Å². The van der Waals surface area contributed by atoms with E-state index in [0.717, 1.165) is 5.69 Å². The number of rotatable bonds is 3. The number of hydrogen-bond donors (Lipinski definition) is 2. The van der Waals surface area contributed by atoms with Gasteiger partial charge in [0.05, 0.1) is 11.1 Å². The standard InChI is InChI=1S/C15H10N6O2/c22-15(23)14-16-12-10(13-17-19-20-18-13)7-4-8-11(12)21(14)9-5-2-1-3-6-9/h1-8H,(H,22,23)(H,17,18,19,20). The van der Waals surface area contributed by atoms with Crippen molar-refractivity contribution in [1.82, 2.24) is 30.2 Å². The number of carboxylic acids is 1. The highest BCUT2D eigenvalue weighted by Crippen LogP contribution is 2.28.